The predicted molar refractivity (Wildman–Crippen MR) is 85.2 cm³/mol. The van der Waals surface area contributed by atoms with E-state index in [2.05, 4.69) is 24.1 Å². The lowest BCUT2D eigenvalue weighted by Gasteiger charge is -2.45. The van der Waals surface area contributed by atoms with Crippen LogP contribution in [-0.2, 0) is 4.74 Å². The third-order valence-electron chi connectivity index (χ3n) is 5.13. The summed E-state index contributed by atoms with van der Waals surface area (Å²) in [5.41, 5.74) is 0.388. The summed E-state index contributed by atoms with van der Waals surface area (Å²) >= 11 is 0. The zero-order valence-electron chi connectivity index (χ0n) is 13.6. The Labute approximate surface area is 125 Å². The lowest BCUT2D eigenvalue weighted by Crippen LogP contribution is -2.61. The Morgan fingerprint density at radius 2 is 1.75 bits per heavy atom. The maximum atomic E-state index is 5.95. The Balaban J connectivity index is 2.03. The lowest BCUT2D eigenvalue weighted by molar-refractivity contribution is 0.0198. The highest BCUT2D eigenvalue weighted by atomic mass is 16.5. The molecule has 0 spiro atoms. The van der Waals surface area contributed by atoms with Crippen molar-refractivity contribution >= 4 is 0 Å². The first-order chi connectivity index (χ1) is 9.83. The molecule has 0 aromatic heterocycles. The van der Waals surface area contributed by atoms with E-state index in [0.29, 0.717) is 11.6 Å². The SMILES string of the molecule is CCCNC(COCCC)C1(N2CCCC2)CCCC1. The van der Waals surface area contributed by atoms with Gasteiger partial charge in [-0.3, -0.25) is 4.90 Å². The van der Waals surface area contributed by atoms with Crippen LogP contribution in [0.5, 0.6) is 0 Å². The summed E-state index contributed by atoms with van der Waals surface area (Å²) in [7, 11) is 0. The molecule has 2 fully saturated rings. The minimum Gasteiger partial charge on any atom is -0.380 e. The van der Waals surface area contributed by atoms with Crippen molar-refractivity contribution in [1.29, 1.82) is 0 Å². The average Bonchev–Trinajstić information content (AvgIpc) is 3.13. The average molecular weight is 282 g/mol. The Morgan fingerprint density at radius 3 is 2.35 bits per heavy atom. The number of nitrogens with one attached hydrogen (secondary N) is 1. The number of likely N-dealkylation sites (tertiary alicyclic amines) is 1. The molecule has 3 nitrogen and oxygen atoms in total. The van der Waals surface area contributed by atoms with Gasteiger partial charge in [-0.25, -0.2) is 0 Å². The molecule has 118 valence electrons. The van der Waals surface area contributed by atoms with Gasteiger partial charge in [0.1, 0.15) is 0 Å². The summed E-state index contributed by atoms with van der Waals surface area (Å²) in [6.07, 6.45) is 10.6. The van der Waals surface area contributed by atoms with E-state index >= 15 is 0 Å². The van der Waals surface area contributed by atoms with E-state index < -0.39 is 0 Å². The normalized spacial score (nSPS) is 24.3. The van der Waals surface area contributed by atoms with E-state index in [1.165, 1.54) is 58.0 Å². The van der Waals surface area contributed by atoms with E-state index in [1.807, 2.05) is 0 Å². The standard InChI is InChI=1S/C17H34N2O/c1-3-11-18-16(15-20-14-4-2)17(9-5-6-10-17)19-12-7-8-13-19/h16,18H,3-15H2,1-2H3. The van der Waals surface area contributed by atoms with Crippen LogP contribution < -0.4 is 5.32 Å². The second-order valence-electron chi connectivity index (χ2n) is 6.59. The van der Waals surface area contributed by atoms with Gasteiger partial charge in [0.05, 0.1) is 6.61 Å². The van der Waals surface area contributed by atoms with Crippen LogP contribution in [-0.4, -0.2) is 49.3 Å². The molecule has 0 bridgehead atoms. The fourth-order valence-electron chi connectivity index (χ4n) is 4.10. The molecule has 1 saturated carbocycles. The van der Waals surface area contributed by atoms with Crippen molar-refractivity contribution in [2.45, 2.75) is 76.8 Å². The highest BCUT2D eigenvalue weighted by Gasteiger charge is 2.46. The topological polar surface area (TPSA) is 24.5 Å². The van der Waals surface area contributed by atoms with Gasteiger partial charge >= 0.3 is 0 Å². The summed E-state index contributed by atoms with van der Waals surface area (Å²) in [6, 6.07) is 0.523. The quantitative estimate of drug-likeness (QED) is 0.657. The van der Waals surface area contributed by atoms with Crippen molar-refractivity contribution in [3.8, 4) is 0 Å². The van der Waals surface area contributed by atoms with Gasteiger partial charge in [-0.05, 0) is 58.2 Å². The predicted octanol–water partition coefficient (Wildman–Crippen LogP) is 3.19. The van der Waals surface area contributed by atoms with Crippen LogP contribution in [0.15, 0.2) is 0 Å². The van der Waals surface area contributed by atoms with E-state index in [9.17, 15) is 0 Å². The molecule has 1 aliphatic carbocycles. The van der Waals surface area contributed by atoms with Crippen molar-refractivity contribution < 1.29 is 4.74 Å². The summed E-state index contributed by atoms with van der Waals surface area (Å²) in [5, 5.41) is 3.82. The fraction of sp³-hybridized carbons (Fsp3) is 1.00. The first-order valence-corrected chi connectivity index (χ1v) is 8.89. The largest absolute Gasteiger partial charge is 0.380 e. The molecule has 0 aromatic carbocycles. The Morgan fingerprint density at radius 1 is 1.05 bits per heavy atom. The molecule has 20 heavy (non-hydrogen) atoms. The second-order valence-corrected chi connectivity index (χ2v) is 6.59. The summed E-state index contributed by atoms with van der Waals surface area (Å²) < 4.78 is 5.95. The second kappa shape index (κ2) is 8.35. The fourth-order valence-corrected chi connectivity index (χ4v) is 4.10. The van der Waals surface area contributed by atoms with Gasteiger partial charge in [0, 0.05) is 18.2 Å². The maximum Gasteiger partial charge on any atom is 0.0637 e. The van der Waals surface area contributed by atoms with Crippen LogP contribution in [0.4, 0.5) is 0 Å². The zero-order valence-corrected chi connectivity index (χ0v) is 13.6. The lowest BCUT2D eigenvalue weighted by atomic mass is 9.86. The van der Waals surface area contributed by atoms with Crippen LogP contribution in [0.1, 0.15) is 65.2 Å². The molecule has 2 rings (SSSR count). The van der Waals surface area contributed by atoms with Crippen molar-refractivity contribution in [3.05, 3.63) is 0 Å². The van der Waals surface area contributed by atoms with E-state index in [0.717, 1.165) is 26.2 Å². The molecule has 1 saturated heterocycles. The molecule has 3 heteroatoms. The van der Waals surface area contributed by atoms with Crippen molar-refractivity contribution in [3.63, 3.8) is 0 Å². The number of hydrogen-bond donors (Lipinski definition) is 1. The molecule has 1 aliphatic heterocycles. The van der Waals surface area contributed by atoms with Crippen molar-refractivity contribution in [1.82, 2.24) is 10.2 Å². The number of hydrogen-bond acceptors (Lipinski definition) is 3. The molecule has 2 aliphatic rings. The first-order valence-electron chi connectivity index (χ1n) is 8.89. The van der Waals surface area contributed by atoms with Gasteiger partial charge in [-0.1, -0.05) is 26.7 Å². The number of ether oxygens (including phenoxy) is 1. The molecule has 0 amide bonds. The Kier molecular flexibility index (Phi) is 6.79. The van der Waals surface area contributed by atoms with Crippen LogP contribution in [0.3, 0.4) is 0 Å². The Hall–Kier alpha value is -0.120. The third kappa shape index (κ3) is 3.75. The van der Waals surface area contributed by atoms with Crippen LogP contribution in [0.25, 0.3) is 0 Å². The van der Waals surface area contributed by atoms with E-state index in [1.54, 1.807) is 0 Å². The van der Waals surface area contributed by atoms with Crippen LogP contribution in [0, 0.1) is 0 Å². The minimum absolute atomic E-state index is 0.388. The number of rotatable bonds is 9. The number of nitrogens with zero attached hydrogens (tertiary/aromatic N) is 1. The van der Waals surface area contributed by atoms with E-state index in [4.69, 9.17) is 4.74 Å². The molecule has 0 radical (unpaired) electrons. The molecule has 1 unspecified atom stereocenters. The molecule has 1 atom stereocenters. The first kappa shape index (κ1) is 16.3. The van der Waals surface area contributed by atoms with Crippen LogP contribution >= 0.6 is 0 Å². The minimum atomic E-state index is 0.388. The van der Waals surface area contributed by atoms with Crippen molar-refractivity contribution in [2.24, 2.45) is 0 Å². The Bertz CT molecular complexity index is 258. The van der Waals surface area contributed by atoms with Gasteiger partial charge in [0.25, 0.3) is 0 Å². The van der Waals surface area contributed by atoms with Gasteiger partial charge < -0.3 is 10.1 Å². The third-order valence-corrected chi connectivity index (χ3v) is 5.13. The zero-order chi connectivity index (χ0) is 14.3. The summed E-state index contributed by atoms with van der Waals surface area (Å²) in [4.78, 5) is 2.79. The molecule has 1 N–H and O–H groups in total. The summed E-state index contributed by atoms with van der Waals surface area (Å²) in [6.45, 7) is 9.98. The van der Waals surface area contributed by atoms with Gasteiger partial charge in [-0.15, -0.1) is 0 Å². The highest BCUT2D eigenvalue weighted by molar-refractivity contribution is 5.04. The van der Waals surface area contributed by atoms with E-state index in [-0.39, 0.29) is 0 Å². The maximum absolute atomic E-state index is 5.95. The smallest absolute Gasteiger partial charge is 0.0637 e. The molecular formula is C17H34N2O. The molecular weight excluding hydrogens is 248 g/mol. The molecule has 0 aromatic rings. The van der Waals surface area contributed by atoms with Gasteiger partial charge in [0.15, 0.2) is 0 Å². The highest BCUT2D eigenvalue weighted by Crippen LogP contribution is 2.40. The van der Waals surface area contributed by atoms with Gasteiger partial charge in [0.2, 0.25) is 0 Å². The monoisotopic (exact) mass is 282 g/mol. The van der Waals surface area contributed by atoms with Gasteiger partial charge in [-0.2, -0.15) is 0 Å². The molecule has 1 heterocycles. The van der Waals surface area contributed by atoms with Crippen LogP contribution in [0.2, 0.25) is 0 Å². The van der Waals surface area contributed by atoms with Crippen molar-refractivity contribution in [2.75, 3.05) is 32.8 Å². The summed E-state index contributed by atoms with van der Waals surface area (Å²) in [5.74, 6) is 0.